The van der Waals surface area contributed by atoms with E-state index in [0.717, 1.165) is 24.2 Å². The molecule has 0 spiro atoms. The summed E-state index contributed by atoms with van der Waals surface area (Å²) in [4.78, 5) is 1.28. The second kappa shape index (κ2) is 3.69. The molecular weight excluding hydrogens is 250 g/mol. The van der Waals surface area contributed by atoms with Gasteiger partial charge in [0, 0.05) is 27.8 Å². The standard InChI is InChI=1S/C9H12BrNOS/c1-9(5-11-6-9)12-3-8-2-7(10)4-13-8/h2,4,11H,3,5-6H2,1H3. The van der Waals surface area contributed by atoms with Gasteiger partial charge >= 0.3 is 0 Å². The molecule has 1 aliphatic rings. The van der Waals surface area contributed by atoms with Gasteiger partial charge in [-0.05, 0) is 28.9 Å². The third-order valence-electron chi connectivity index (χ3n) is 2.18. The molecule has 1 aliphatic heterocycles. The van der Waals surface area contributed by atoms with Crippen molar-refractivity contribution < 1.29 is 4.74 Å². The van der Waals surface area contributed by atoms with Crippen LogP contribution in [0.4, 0.5) is 0 Å². The van der Waals surface area contributed by atoms with Crippen LogP contribution >= 0.6 is 27.3 Å². The minimum Gasteiger partial charge on any atom is -0.367 e. The lowest BCUT2D eigenvalue weighted by Gasteiger charge is -2.38. The highest BCUT2D eigenvalue weighted by molar-refractivity contribution is 9.10. The van der Waals surface area contributed by atoms with Crippen LogP contribution in [0.5, 0.6) is 0 Å². The van der Waals surface area contributed by atoms with Crippen LogP contribution in [0.2, 0.25) is 0 Å². The lowest BCUT2D eigenvalue weighted by molar-refractivity contribution is -0.0757. The molecule has 0 amide bonds. The van der Waals surface area contributed by atoms with E-state index in [-0.39, 0.29) is 5.60 Å². The van der Waals surface area contributed by atoms with Gasteiger partial charge in [0.05, 0.1) is 12.2 Å². The van der Waals surface area contributed by atoms with Gasteiger partial charge in [-0.2, -0.15) is 0 Å². The molecule has 13 heavy (non-hydrogen) atoms. The lowest BCUT2D eigenvalue weighted by Crippen LogP contribution is -2.58. The summed E-state index contributed by atoms with van der Waals surface area (Å²) in [6.07, 6.45) is 0. The van der Waals surface area contributed by atoms with Crippen molar-refractivity contribution in [1.29, 1.82) is 0 Å². The molecule has 0 atom stereocenters. The number of nitrogens with one attached hydrogen (secondary N) is 1. The molecule has 1 aromatic rings. The van der Waals surface area contributed by atoms with Crippen LogP contribution in [0.15, 0.2) is 15.9 Å². The first-order valence-corrected chi connectivity index (χ1v) is 5.93. The van der Waals surface area contributed by atoms with Crippen LogP contribution in [-0.2, 0) is 11.3 Å². The molecule has 2 nitrogen and oxygen atoms in total. The second-order valence-corrected chi connectivity index (χ2v) is 5.48. The molecular formula is C9H12BrNOS. The fraction of sp³-hybridized carbons (Fsp3) is 0.556. The van der Waals surface area contributed by atoms with E-state index in [2.05, 4.69) is 39.6 Å². The maximum atomic E-state index is 5.79. The Hall–Kier alpha value is 0.1000. The predicted octanol–water partition coefficient (Wildman–Crippen LogP) is 2.39. The first-order valence-electron chi connectivity index (χ1n) is 4.26. The van der Waals surface area contributed by atoms with Crippen LogP contribution in [-0.4, -0.2) is 18.7 Å². The topological polar surface area (TPSA) is 21.3 Å². The Morgan fingerprint density at radius 1 is 1.69 bits per heavy atom. The molecule has 1 saturated heterocycles. The SMILES string of the molecule is CC1(OCc2cc(Br)cs2)CNC1. The summed E-state index contributed by atoms with van der Waals surface area (Å²) in [7, 11) is 0. The van der Waals surface area contributed by atoms with Crippen LogP contribution in [0, 0.1) is 0 Å². The minimum atomic E-state index is 0.0659. The third kappa shape index (κ3) is 2.31. The number of hydrogen-bond donors (Lipinski definition) is 1. The van der Waals surface area contributed by atoms with Crippen molar-refractivity contribution in [1.82, 2.24) is 5.32 Å². The first-order chi connectivity index (χ1) is 6.18. The van der Waals surface area contributed by atoms with E-state index in [9.17, 15) is 0 Å². The molecule has 0 saturated carbocycles. The molecule has 1 aromatic heterocycles. The molecule has 0 bridgehead atoms. The lowest BCUT2D eigenvalue weighted by atomic mass is 10.0. The Bertz CT molecular complexity index is 296. The summed E-state index contributed by atoms with van der Waals surface area (Å²) in [5, 5.41) is 5.30. The molecule has 0 aromatic carbocycles. The van der Waals surface area contributed by atoms with Gasteiger partial charge in [0.15, 0.2) is 0 Å². The van der Waals surface area contributed by atoms with E-state index in [1.165, 1.54) is 4.88 Å². The fourth-order valence-electron chi connectivity index (χ4n) is 1.25. The zero-order chi connectivity index (χ0) is 9.31. The predicted molar refractivity (Wildman–Crippen MR) is 58.1 cm³/mol. The summed E-state index contributed by atoms with van der Waals surface area (Å²) in [5.41, 5.74) is 0.0659. The van der Waals surface area contributed by atoms with Crippen molar-refractivity contribution in [2.75, 3.05) is 13.1 Å². The number of ether oxygens (including phenoxy) is 1. The number of thiophene rings is 1. The van der Waals surface area contributed by atoms with E-state index >= 15 is 0 Å². The van der Waals surface area contributed by atoms with Gasteiger partial charge in [-0.1, -0.05) is 0 Å². The maximum Gasteiger partial charge on any atom is 0.0906 e. The van der Waals surface area contributed by atoms with Gasteiger partial charge < -0.3 is 10.1 Å². The zero-order valence-electron chi connectivity index (χ0n) is 7.47. The highest BCUT2D eigenvalue weighted by atomic mass is 79.9. The number of hydrogen-bond acceptors (Lipinski definition) is 3. The quantitative estimate of drug-likeness (QED) is 0.903. The van der Waals surface area contributed by atoms with E-state index < -0.39 is 0 Å². The van der Waals surface area contributed by atoms with Gasteiger partial charge in [0.2, 0.25) is 0 Å². The molecule has 4 heteroatoms. The molecule has 2 heterocycles. The molecule has 0 radical (unpaired) electrons. The summed E-state index contributed by atoms with van der Waals surface area (Å²) >= 11 is 5.16. The summed E-state index contributed by atoms with van der Waals surface area (Å²) in [6, 6.07) is 2.11. The van der Waals surface area contributed by atoms with E-state index in [1.807, 2.05) is 0 Å². The summed E-state index contributed by atoms with van der Waals surface area (Å²) in [5.74, 6) is 0. The molecule has 0 aliphatic carbocycles. The van der Waals surface area contributed by atoms with Crippen molar-refractivity contribution >= 4 is 27.3 Å². The molecule has 1 fully saturated rings. The number of rotatable bonds is 3. The zero-order valence-corrected chi connectivity index (χ0v) is 9.87. The Labute approximate surface area is 90.4 Å². The van der Waals surface area contributed by atoms with Gasteiger partial charge in [-0.3, -0.25) is 0 Å². The van der Waals surface area contributed by atoms with Gasteiger partial charge in [-0.25, -0.2) is 0 Å². The van der Waals surface area contributed by atoms with Crippen molar-refractivity contribution in [2.45, 2.75) is 19.1 Å². The second-order valence-electron chi connectivity index (χ2n) is 3.57. The van der Waals surface area contributed by atoms with Crippen molar-refractivity contribution in [3.63, 3.8) is 0 Å². The Balaban J connectivity index is 1.85. The number of halogens is 1. The minimum absolute atomic E-state index is 0.0659. The Morgan fingerprint density at radius 2 is 2.46 bits per heavy atom. The van der Waals surface area contributed by atoms with Crippen LogP contribution in [0.3, 0.4) is 0 Å². The van der Waals surface area contributed by atoms with Gasteiger partial charge in [0.25, 0.3) is 0 Å². The smallest absolute Gasteiger partial charge is 0.0906 e. The largest absolute Gasteiger partial charge is 0.367 e. The van der Waals surface area contributed by atoms with Gasteiger partial charge in [0.1, 0.15) is 0 Å². The van der Waals surface area contributed by atoms with Crippen molar-refractivity contribution in [2.24, 2.45) is 0 Å². The normalized spacial score (nSPS) is 19.8. The van der Waals surface area contributed by atoms with Crippen LogP contribution in [0.1, 0.15) is 11.8 Å². The summed E-state index contributed by atoms with van der Waals surface area (Å²) in [6.45, 7) is 4.82. The van der Waals surface area contributed by atoms with E-state index in [1.54, 1.807) is 11.3 Å². The van der Waals surface area contributed by atoms with E-state index in [4.69, 9.17) is 4.74 Å². The monoisotopic (exact) mass is 261 g/mol. The highest BCUT2D eigenvalue weighted by Crippen LogP contribution is 2.23. The van der Waals surface area contributed by atoms with Crippen LogP contribution in [0.25, 0.3) is 0 Å². The average Bonchev–Trinajstić information content (AvgIpc) is 2.44. The fourth-order valence-corrected chi connectivity index (χ4v) is 2.62. The van der Waals surface area contributed by atoms with Crippen LogP contribution < -0.4 is 5.32 Å². The third-order valence-corrected chi connectivity index (χ3v) is 3.85. The molecule has 72 valence electrons. The summed E-state index contributed by atoms with van der Waals surface area (Å²) < 4.78 is 6.94. The maximum absolute atomic E-state index is 5.79. The molecule has 1 N–H and O–H groups in total. The Kier molecular flexibility index (Phi) is 2.74. The highest BCUT2D eigenvalue weighted by Gasteiger charge is 2.32. The van der Waals surface area contributed by atoms with Crippen molar-refractivity contribution in [3.05, 3.63) is 20.8 Å². The molecule has 0 unspecified atom stereocenters. The van der Waals surface area contributed by atoms with Crippen molar-refractivity contribution in [3.8, 4) is 0 Å². The van der Waals surface area contributed by atoms with E-state index in [0.29, 0.717) is 0 Å². The Morgan fingerprint density at radius 3 is 2.92 bits per heavy atom. The first kappa shape index (κ1) is 9.65. The average molecular weight is 262 g/mol. The van der Waals surface area contributed by atoms with Gasteiger partial charge in [-0.15, -0.1) is 11.3 Å². The molecule has 2 rings (SSSR count).